The van der Waals surface area contributed by atoms with Gasteiger partial charge in [-0.3, -0.25) is 4.79 Å². The highest BCUT2D eigenvalue weighted by atomic mass is 16.3. The van der Waals surface area contributed by atoms with Crippen molar-refractivity contribution in [2.75, 3.05) is 18.6 Å². The van der Waals surface area contributed by atoms with Crippen LogP contribution >= 0.6 is 0 Å². The monoisotopic (exact) mass is 220 g/mol. The van der Waals surface area contributed by atoms with E-state index < -0.39 is 0 Å². The lowest BCUT2D eigenvalue weighted by molar-refractivity contribution is -0.117. The van der Waals surface area contributed by atoms with E-state index in [-0.39, 0.29) is 18.6 Å². The standard InChI is InChI=1S/C12H16N2O2/c1-14-11-3-2-8(10(13)4-5-15)6-9(11)7-12(14)16/h2-3,6,10,15H,4-5,7,13H2,1H3. The smallest absolute Gasteiger partial charge is 0.231 e. The van der Waals surface area contributed by atoms with Crippen molar-refractivity contribution in [1.82, 2.24) is 0 Å². The van der Waals surface area contributed by atoms with Crippen LogP contribution in [0.5, 0.6) is 0 Å². The van der Waals surface area contributed by atoms with Gasteiger partial charge in [0.1, 0.15) is 0 Å². The Morgan fingerprint density at radius 3 is 3.00 bits per heavy atom. The summed E-state index contributed by atoms with van der Waals surface area (Å²) in [4.78, 5) is 13.2. The molecular weight excluding hydrogens is 204 g/mol. The van der Waals surface area contributed by atoms with Gasteiger partial charge in [0.15, 0.2) is 0 Å². The van der Waals surface area contributed by atoms with Crippen LogP contribution in [0.25, 0.3) is 0 Å². The van der Waals surface area contributed by atoms with Crippen LogP contribution in [0, 0.1) is 0 Å². The number of fused-ring (bicyclic) bond motifs is 1. The second kappa shape index (κ2) is 4.23. The van der Waals surface area contributed by atoms with E-state index in [9.17, 15) is 4.79 Å². The number of anilines is 1. The predicted molar refractivity (Wildman–Crippen MR) is 62.2 cm³/mol. The number of hydrogen-bond acceptors (Lipinski definition) is 3. The summed E-state index contributed by atoms with van der Waals surface area (Å²) < 4.78 is 0. The zero-order chi connectivity index (χ0) is 11.7. The maximum atomic E-state index is 11.5. The van der Waals surface area contributed by atoms with Gasteiger partial charge in [0.05, 0.1) is 6.42 Å². The largest absolute Gasteiger partial charge is 0.396 e. The summed E-state index contributed by atoms with van der Waals surface area (Å²) >= 11 is 0. The molecule has 1 aromatic carbocycles. The fourth-order valence-corrected chi connectivity index (χ4v) is 2.03. The number of carbonyl (C=O) groups excluding carboxylic acids is 1. The van der Waals surface area contributed by atoms with E-state index in [1.807, 2.05) is 18.2 Å². The Morgan fingerprint density at radius 1 is 1.56 bits per heavy atom. The first-order valence-corrected chi connectivity index (χ1v) is 5.39. The Bertz CT molecular complexity index is 417. The lowest BCUT2D eigenvalue weighted by atomic mass is 10.0. The summed E-state index contributed by atoms with van der Waals surface area (Å²) in [6.07, 6.45) is 0.994. The van der Waals surface area contributed by atoms with E-state index in [0.29, 0.717) is 12.8 Å². The molecule has 1 aromatic rings. The van der Waals surface area contributed by atoms with Crippen LogP contribution in [0.1, 0.15) is 23.6 Å². The molecule has 3 N–H and O–H groups in total. The molecule has 4 nitrogen and oxygen atoms in total. The lowest BCUT2D eigenvalue weighted by Crippen LogP contribution is -2.20. The second-order valence-electron chi connectivity index (χ2n) is 4.14. The Balaban J connectivity index is 2.28. The molecule has 16 heavy (non-hydrogen) atoms. The van der Waals surface area contributed by atoms with E-state index >= 15 is 0 Å². The third kappa shape index (κ3) is 1.81. The number of aliphatic hydroxyl groups excluding tert-OH is 1. The van der Waals surface area contributed by atoms with Crippen LogP contribution in [-0.4, -0.2) is 24.7 Å². The summed E-state index contributed by atoms with van der Waals surface area (Å²) in [7, 11) is 1.78. The molecule has 0 radical (unpaired) electrons. The van der Waals surface area contributed by atoms with E-state index in [0.717, 1.165) is 16.8 Å². The minimum absolute atomic E-state index is 0.0804. The zero-order valence-electron chi connectivity index (χ0n) is 9.31. The van der Waals surface area contributed by atoms with Crippen molar-refractivity contribution in [3.63, 3.8) is 0 Å². The Hall–Kier alpha value is -1.39. The highest BCUT2D eigenvalue weighted by molar-refractivity contribution is 6.00. The minimum atomic E-state index is -0.156. The van der Waals surface area contributed by atoms with E-state index in [2.05, 4.69) is 0 Å². The van der Waals surface area contributed by atoms with Crippen LogP contribution in [-0.2, 0) is 11.2 Å². The summed E-state index contributed by atoms with van der Waals surface area (Å²) in [5.74, 6) is 0.114. The molecule has 1 amide bonds. The Kier molecular flexibility index (Phi) is 2.94. The molecule has 2 rings (SSSR count). The van der Waals surface area contributed by atoms with E-state index in [4.69, 9.17) is 10.8 Å². The van der Waals surface area contributed by atoms with Gasteiger partial charge >= 0.3 is 0 Å². The summed E-state index contributed by atoms with van der Waals surface area (Å²) in [5.41, 5.74) is 8.88. The van der Waals surface area contributed by atoms with Gasteiger partial charge in [-0.1, -0.05) is 12.1 Å². The van der Waals surface area contributed by atoms with E-state index in [1.165, 1.54) is 0 Å². The number of nitrogens with two attached hydrogens (primary N) is 1. The van der Waals surface area contributed by atoms with Gasteiger partial charge in [-0.05, 0) is 23.6 Å². The molecule has 0 spiro atoms. The highest BCUT2D eigenvalue weighted by Gasteiger charge is 2.24. The topological polar surface area (TPSA) is 66.6 Å². The third-order valence-corrected chi connectivity index (χ3v) is 3.05. The van der Waals surface area contributed by atoms with Gasteiger partial charge in [-0.15, -0.1) is 0 Å². The molecule has 4 heteroatoms. The van der Waals surface area contributed by atoms with Crippen molar-refractivity contribution in [1.29, 1.82) is 0 Å². The average molecular weight is 220 g/mol. The van der Waals surface area contributed by atoms with Crippen molar-refractivity contribution < 1.29 is 9.90 Å². The first-order chi connectivity index (χ1) is 7.63. The Morgan fingerprint density at radius 2 is 2.31 bits per heavy atom. The number of rotatable bonds is 3. The molecule has 1 atom stereocenters. The normalized spacial score (nSPS) is 16.4. The maximum Gasteiger partial charge on any atom is 0.231 e. The maximum absolute atomic E-state index is 11.5. The number of aliphatic hydroxyl groups is 1. The highest BCUT2D eigenvalue weighted by Crippen LogP contribution is 2.30. The molecule has 0 aromatic heterocycles. The van der Waals surface area contributed by atoms with Crippen molar-refractivity contribution in [2.24, 2.45) is 5.73 Å². The predicted octanol–water partition coefficient (Wildman–Crippen LogP) is 0.588. The van der Waals surface area contributed by atoms with Gasteiger partial charge < -0.3 is 15.7 Å². The molecule has 1 unspecified atom stereocenters. The lowest BCUT2D eigenvalue weighted by Gasteiger charge is -2.13. The molecule has 0 saturated carbocycles. The van der Waals surface area contributed by atoms with Gasteiger partial charge in [-0.2, -0.15) is 0 Å². The SMILES string of the molecule is CN1C(=O)Cc2cc(C(N)CCO)ccc21. The van der Waals surface area contributed by atoms with Crippen LogP contribution in [0.3, 0.4) is 0 Å². The third-order valence-electron chi connectivity index (χ3n) is 3.05. The fourth-order valence-electron chi connectivity index (χ4n) is 2.03. The quantitative estimate of drug-likeness (QED) is 0.783. The van der Waals surface area contributed by atoms with Crippen LogP contribution in [0.15, 0.2) is 18.2 Å². The molecule has 0 aliphatic carbocycles. The first-order valence-electron chi connectivity index (χ1n) is 5.39. The molecule has 0 fully saturated rings. The number of amides is 1. The van der Waals surface area contributed by atoms with E-state index in [1.54, 1.807) is 11.9 Å². The number of carbonyl (C=O) groups is 1. The zero-order valence-corrected chi connectivity index (χ0v) is 9.31. The van der Waals surface area contributed by atoms with Crippen LogP contribution < -0.4 is 10.6 Å². The molecule has 1 aliphatic heterocycles. The molecule has 1 aliphatic rings. The fraction of sp³-hybridized carbons (Fsp3) is 0.417. The number of nitrogens with zero attached hydrogens (tertiary/aromatic N) is 1. The van der Waals surface area contributed by atoms with Crippen molar-refractivity contribution in [2.45, 2.75) is 18.9 Å². The number of likely N-dealkylation sites (N-methyl/N-ethyl adjacent to an activating group) is 1. The molecule has 1 heterocycles. The minimum Gasteiger partial charge on any atom is -0.396 e. The number of hydrogen-bond donors (Lipinski definition) is 2. The second-order valence-corrected chi connectivity index (χ2v) is 4.14. The molecular formula is C12H16N2O2. The van der Waals surface area contributed by atoms with Crippen molar-refractivity contribution >= 4 is 11.6 Å². The summed E-state index contributed by atoms with van der Waals surface area (Å²) in [5, 5.41) is 8.83. The summed E-state index contributed by atoms with van der Waals surface area (Å²) in [6.45, 7) is 0.0804. The summed E-state index contributed by atoms with van der Waals surface area (Å²) in [6, 6.07) is 5.66. The first kappa shape index (κ1) is 11.1. The van der Waals surface area contributed by atoms with Gasteiger partial charge in [0, 0.05) is 25.4 Å². The van der Waals surface area contributed by atoms with Gasteiger partial charge in [0.2, 0.25) is 5.91 Å². The van der Waals surface area contributed by atoms with Crippen molar-refractivity contribution in [3.8, 4) is 0 Å². The molecule has 86 valence electrons. The average Bonchev–Trinajstić information content (AvgIpc) is 2.55. The number of benzene rings is 1. The van der Waals surface area contributed by atoms with Crippen LogP contribution in [0.4, 0.5) is 5.69 Å². The van der Waals surface area contributed by atoms with Crippen LogP contribution in [0.2, 0.25) is 0 Å². The van der Waals surface area contributed by atoms with Gasteiger partial charge in [-0.25, -0.2) is 0 Å². The Labute approximate surface area is 94.7 Å². The van der Waals surface area contributed by atoms with Gasteiger partial charge in [0.25, 0.3) is 0 Å². The van der Waals surface area contributed by atoms with Crippen molar-refractivity contribution in [3.05, 3.63) is 29.3 Å². The molecule has 0 bridgehead atoms. The molecule has 0 saturated heterocycles.